The number of nitrogens with zero attached hydrogens (tertiary/aromatic N) is 5. The Morgan fingerprint density at radius 3 is 2.90 bits per heavy atom. The van der Waals surface area contributed by atoms with Crippen LogP contribution in [0.4, 0.5) is 5.82 Å². The van der Waals surface area contributed by atoms with Crippen LogP contribution >= 0.6 is 0 Å². The van der Waals surface area contributed by atoms with E-state index in [2.05, 4.69) is 38.1 Å². The molecular weight excluding hydrogens is 250 g/mol. The zero-order valence-electron chi connectivity index (χ0n) is 11.1. The molecule has 3 rings (SSSR count). The van der Waals surface area contributed by atoms with Gasteiger partial charge in [-0.1, -0.05) is 0 Å². The lowest BCUT2D eigenvalue weighted by atomic mass is 9.91. The van der Waals surface area contributed by atoms with E-state index in [1.807, 2.05) is 12.4 Å². The third-order valence-electron chi connectivity index (χ3n) is 3.69. The molecule has 0 N–H and O–H groups in total. The van der Waals surface area contributed by atoms with Gasteiger partial charge in [-0.3, -0.25) is 4.98 Å². The molecule has 0 saturated carbocycles. The number of nitriles is 1. The molecule has 2 aromatic heterocycles. The molecule has 0 aromatic carbocycles. The second-order valence-electron chi connectivity index (χ2n) is 4.94. The van der Waals surface area contributed by atoms with E-state index in [9.17, 15) is 0 Å². The number of hydrogen-bond acceptors (Lipinski definition) is 5. The van der Waals surface area contributed by atoms with E-state index in [0.29, 0.717) is 11.6 Å². The van der Waals surface area contributed by atoms with Crippen molar-refractivity contribution in [1.82, 2.24) is 15.0 Å². The average molecular weight is 265 g/mol. The highest BCUT2D eigenvalue weighted by atomic mass is 15.2. The Bertz CT molecular complexity index is 620. The minimum absolute atomic E-state index is 0.418. The van der Waals surface area contributed by atoms with Crippen molar-refractivity contribution in [3.63, 3.8) is 0 Å². The zero-order valence-corrected chi connectivity index (χ0v) is 11.1. The highest BCUT2D eigenvalue weighted by Gasteiger charge is 2.22. The van der Waals surface area contributed by atoms with Crippen LogP contribution in [0.5, 0.6) is 0 Å². The van der Waals surface area contributed by atoms with Crippen molar-refractivity contribution >= 4 is 5.82 Å². The zero-order chi connectivity index (χ0) is 13.8. The standard InChI is InChI=1S/C15H15N5/c16-9-14-8-15(19-11-18-14)20-7-1-2-13(10-20)12-3-5-17-6-4-12/h3-6,8,11,13H,1-2,7,10H2. The Balaban J connectivity index is 1.80. The van der Waals surface area contributed by atoms with Gasteiger partial charge in [0.05, 0.1) is 0 Å². The molecule has 0 spiro atoms. The molecule has 1 fully saturated rings. The van der Waals surface area contributed by atoms with Crippen LogP contribution in [0.25, 0.3) is 0 Å². The fraction of sp³-hybridized carbons (Fsp3) is 0.333. The van der Waals surface area contributed by atoms with Crippen molar-refractivity contribution in [3.05, 3.63) is 48.2 Å². The second kappa shape index (κ2) is 5.66. The maximum absolute atomic E-state index is 8.92. The van der Waals surface area contributed by atoms with Gasteiger partial charge in [-0.2, -0.15) is 5.26 Å². The minimum atomic E-state index is 0.418. The van der Waals surface area contributed by atoms with Crippen LogP contribution in [0, 0.1) is 11.3 Å². The largest absolute Gasteiger partial charge is 0.356 e. The minimum Gasteiger partial charge on any atom is -0.356 e. The number of aromatic nitrogens is 3. The number of hydrogen-bond donors (Lipinski definition) is 0. The Hall–Kier alpha value is -2.48. The van der Waals surface area contributed by atoms with Crippen molar-refractivity contribution in [2.45, 2.75) is 18.8 Å². The van der Waals surface area contributed by atoms with Crippen molar-refractivity contribution in [2.24, 2.45) is 0 Å². The lowest BCUT2D eigenvalue weighted by Crippen LogP contribution is -2.35. The SMILES string of the molecule is N#Cc1cc(N2CCCC(c3ccncc3)C2)ncn1. The summed E-state index contributed by atoms with van der Waals surface area (Å²) < 4.78 is 0. The number of piperidine rings is 1. The van der Waals surface area contributed by atoms with Crippen LogP contribution in [-0.2, 0) is 0 Å². The molecule has 0 amide bonds. The quantitative estimate of drug-likeness (QED) is 0.832. The number of anilines is 1. The van der Waals surface area contributed by atoms with E-state index in [0.717, 1.165) is 25.3 Å². The lowest BCUT2D eigenvalue weighted by Gasteiger charge is -2.33. The highest BCUT2D eigenvalue weighted by molar-refractivity contribution is 5.43. The first-order valence-electron chi connectivity index (χ1n) is 6.74. The van der Waals surface area contributed by atoms with Gasteiger partial charge in [0.15, 0.2) is 0 Å². The van der Waals surface area contributed by atoms with Crippen molar-refractivity contribution < 1.29 is 0 Å². The summed E-state index contributed by atoms with van der Waals surface area (Å²) in [6, 6.07) is 7.98. The molecule has 100 valence electrons. The Kier molecular flexibility index (Phi) is 3.55. The fourth-order valence-corrected chi connectivity index (χ4v) is 2.67. The van der Waals surface area contributed by atoms with Gasteiger partial charge in [0.25, 0.3) is 0 Å². The molecule has 5 nitrogen and oxygen atoms in total. The molecule has 1 saturated heterocycles. The van der Waals surface area contributed by atoms with Crippen LogP contribution in [-0.4, -0.2) is 28.0 Å². The van der Waals surface area contributed by atoms with Gasteiger partial charge in [0.2, 0.25) is 0 Å². The van der Waals surface area contributed by atoms with E-state index in [4.69, 9.17) is 5.26 Å². The molecule has 0 radical (unpaired) electrons. The van der Waals surface area contributed by atoms with Crippen LogP contribution in [0.15, 0.2) is 36.9 Å². The van der Waals surface area contributed by atoms with Gasteiger partial charge >= 0.3 is 0 Å². The predicted molar refractivity (Wildman–Crippen MR) is 75.2 cm³/mol. The first-order valence-corrected chi connectivity index (χ1v) is 6.74. The molecule has 1 aliphatic rings. The van der Waals surface area contributed by atoms with E-state index in [1.54, 1.807) is 6.07 Å². The molecule has 1 unspecified atom stereocenters. The van der Waals surface area contributed by atoms with Crippen molar-refractivity contribution in [2.75, 3.05) is 18.0 Å². The molecule has 20 heavy (non-hydrogen) atoms. The molecule has 1 aliphatic heterocycles. The normalized spacial score (nSPS) is 18.6. The molecule has 3 heterocycles. The van der Waals surface area contributed by atoms with Gasteiger partial charge in [0.1, 0.15) is 23.9 Å². The van der Waals surface area contributed by atoms with E-state index in [-0.39, 0.29) is 0 Å². The molecular formula is C15H15N5. The first kappa shape index (κ1) is 12.5. The van der Waals surface area contributed by atoms with Crippen molar-refractivity contribution in [3.8, 4) is 6.07 Å². The van der Waals surface area contributed by atoms with Gasteiger partial charge in [0, 0.05) is 37.5 Å². The molecule has 1 atom stereocenters. The smallest absolute Gasteiger partial charge is 0.145 e. The monoisotopic (exact) mass is 265 g/mol. The third-order valence-corrected chi connectivity index (χ3v) is 3.69. The summed E-state index contributed by atoms with van der Waals surface area (Å²) in [4.78, 5) is 14.5. The topological polar surface area (TPSA) is 65.7 Å². The Labute approximate surface area is 117 Å². The van der Waals surface area contributed by atoms with E-state index < -0.39 is 0 Å². The summed E-state index contributed by atoms with van der Waals surface area (Å²) in [5.41, 5.74) is 1.74. The molecule has 5 heteroatoms. The summed E-state index contributed by atoms with van der Waals surface area (Å²) >= 11 is 0. The van der Waals surface area contributed by atoms with E-state index >= 15 is 0 Å². The summed E-state index contributed by atoms with van der Waals surface area (Å²) in [6.45, 7) is 1.90. The van der Waals surface area contributed by atoms with Crippen molar-refractivity contribution in [1.29, 1.82) is 5.26 Å². The van der Waals surface area contributed by atoms with Crippen LogP contribution < -0.4 is 4.90 Å². The maximum Gasteiger partial charge on any atom is 0.145 e. The maximum atomic E-state index is 8.92. The Morgan fingerprint density at radius 1 is 1.25 bits per heavy atom. The van der Waals surface area contributed by atoms with Crippen LogP contribution in [0.2, 0.25) is 0 Å². The summed E-state index contributed by atoms with van der Waals surface area (Å²) in [5, 5.41) is 8.92. The second-order valence-corrected chi connectivity index (χ2v) is 4.94. The van der Waals surface area contributed by atoms with Gasteiger partial charge in [-0.05, 0) is 30.5 Å². The lowest BCUT2D eigenvalue weighted by molar-refractivity contribution is 0.506. The fourth-order valence-electron chi connectivity index (χ4n) is 2.67. The predicted octanol–water partition coefficient (Wildman–Crippen LogP) is 2.13. The summed E-state index contributed by atoms with van der Waals surface area (Å²) in [7, 11) is 0. The van der Waals surface area contributed by atoms with E-state index in [1.165, 1.54) is 18.3 Å². The summed E-state index contributed by atoms with van der Waals surface area (Å²) in [6.07, 6.45) is 7.44. The van der Waals surface area contributed by atoms with Crippen LogP contribution in [0.3, 0.4) is 0 Å². The van der Waals surface area contributed by atoms with Crippen LogP contribution in [0.1, 0.15) is 30.0 Å². The average Bonchev–Trinajstić information content (AvgIpc) is 2.56. The van der Waals surface area contributed by atoms with Gasteiger partial charge < -0.3 is 4.90 Å². The summed E-state index contributed by atoms with van der Waals surface area (Å²) in [5.74, 6) is 1.34. The molecule has 2 aromatic rings. The van der Waals surface area contributed by atoms with Gasteiger partial charge in [-0.15, -0.1) is 0 Å². The Morgan fingerprint density at radius 2 is 2.10 bits per heavy atom. The number of pyridine rings is 1. The third kappa shape index (κ3) is 2.59. The molecule has 0 aliphatic carbocycles. The first-order chi connectivity index (χ1) is 9.86. The number of rotatable bonds is 2. The molecule has 0 bridgehead atoms. The highest BCUT2D eigenvalue weighted by Crippen LogP contribution is 2.28. The van der Waals surface area contributed by atoms with Gasteiger partial charge in [-0.25, -0.2) is 9.97 Å².